The molecule has 0 unspecified atom stereocenters. The fraction of sp³-hybridized carbons (Fsp3) is 0.533. The minimum Gasteiger partial charge on any atom is -0.399 e. The maximum Gasteiger partial charge on any atom is 0.254 e. The van der Waals surface area contributed by atoms with Gasteiger partial charge >= 0.3 is 0 Å². The number of benzene rings is 1. The van der Waals surface area contributed by atoms with E-state index in [-0.39, 0.29) is 12.5 Å². The van der Waals surface area contributed by atoms with Crippen LogP contribution in [0, 0.1) is 0 Å². The van der Waals surface area contributed by atoms with Crippen molar-refractivity contribution in [2.75, 3.05) is 25.4 Å². The molecule has 1 amide bonds. The number of nitrogens with two attached hydrogens (primary N) is 1. The fourth-order valence-electron chi connectivity index (χ4n) is 2.02. The van der Waals surface area contributed by atoms with Gasteiger partial charge in [-0.25, -0.2) is 0 Å². The summed E-state index contributed by atoms with van der Waals surface area (Å²) in [4.78, 5) is 14.0. The molecule has 0 heterocycles. The molecule has 0 saturated heterocycles. The van der Waals surface area contributed by atoms with Crippen molar-refractivity contribution in [2.45, 2.75) is 32.6 Å². The van der Waals surface area contributed by atoms with E-state index in [1.165, 1.54) is 12.8 Å². The molecule has 0 spiro atoms. The quantitative estimate of drug-likeness (QED) is 0.559. The van der Waals surface area contributed by atoms with Gasteiger partial charge in [-0.15, -0.1) is 0 Å². The second kappa shape index (κ2) is 8.53. The molecule has 0 saturated carbocycles. The normalized spacial score (nSPS) is 10.4. The van der Waals surface area contributed by atoms with Gasteiger partial charge in [0, 0.05) is 24.3 Å². The van der Waals surface area contributed by atoms with Crippen LogP contribution in [0.3, 0.4) is 0 Å². The molecule has 4 heteroatoms. The number of nitrogen functional groups attached to an aromatic ring is 1. The molecule has 0 bridgehead atoms. The summed E-state index contributed by atoms with van der Waals surface area (Å²) < 4.78 is 0. The van der Waals surface area contributed by atoms with Crippen molar-refractivity contribution < 1.29 is 9.90 Å². The Balaban J connectivity index is 2.61. The minimum absolute atomic E-state index is 0.0121. The van der Waals surface area contributed by atoms with Gasteiger partial charge < -0.3 is 15.7 Å². The number of aliphatic hydroxyl groups excluding tert-OH is 1. The zero-order chi connectivity index (χ0) is 14.1. The number of rotatable bonds is 8. The Morgan fingerprint density at radius 1 is 1.26 bits per heavy atom. The van der Waals surface area contributed by atoms with E-state index in [1.807, 2.05) is 0 Å². The van der Waals surface area contributed by atoms with E-state index in [9.17, 15) is 4.79 Å². The molecule has 0 fully saturated rings. The van der Waals surface area contributed by atoms with Crippen molar-refractivity contribution >= 4 is 11.6 Å². The van der Waals surface area contributed by atoms with Crippen LogP contribution < -0.4 is 5.73 Å². The summed E-state index contributed by atoms with van der Waals surface area (Å²) in [5.74, 6) is -0.0575. The van der Waals surface area contributed by atoms with Crippen molar-refractivity contribution in [1.29, 1.82) is 0 Å². The molecule has 4 nitrogen and oxygen atoms in total. The molecule has 0 radical (unpaired) electrons. The Kier molecular flexibility index (Phi) is 6.97. The minimum atomic E-state index is -0.0575. The molecule has 3 N–H and O–H groups in total. The van der Waals surface area contributed by atoms with Gasteiger partial charge in [-0.1, -0.05) is 32.3 Å². The smallest absolute Gasteiger partial charge is 0.254 e. The number of hydrogen-bond acceptors (Lipinski definition) is 3. The second-order valence-electron chi connectivity index (χ2n) is 4.70. The van der Waals surface area contributed by atoms with Crippen LogP contribution in [0.4, 0.5) is 5.69 Å². The first kappa shape index (κ1) is 15.5. The lowest BCUT2D eigenvalue weighted by Gasteiger charge is -2.22. The highest BCUT2D eigenvalue weighted by molar-refractivity contribution is 5.95. The second-order valence-corrected chi connectivity index (χ2v) is 4.70. The maximum absolute atomic E-state index is 12.3. The van der Waals surface area contributed by atoms with Gasteiger partial charge in [-0.05, 0) is 24.6 Å². The van der Waals surface area contributed by atoms with Gasteiger partial charge in [0.25, 0.3) is 5.91 Å². The summed E-state index contributed by atoms with van der Waals surface area (Å²) in [5, 5.41) is 9.07. The average Bonchev–Trinajstić information content (AvgIpc) is 2.41. The number of amides is 1. The number of anilines is 1. The lowest BCUT2D eigenvalue weighted by Crippen LogP contribution is -2.34. The summed E-state index contributed by atoms with van der Waals surface area (Å²) in [7, 11) is 0. The molecule has 0 atom stereocenters. The predicted molar refractivity (Wildman–Crippen MR) is 78.0 cm³/mol. The molecule has 0 aliphatic rings. The zero-order valence-corrected chi connectivity index (χ0v) is 11.6. The highest BCUT2D eigenvalue weighted by Crippen LogP contribution is 2.11. The Labute approximate surface area is 115 Å². The molecule has 1 rings (SSSR count). The number of nitrogens with zero attached hydrogens (tertiary/aromatic N) is 1. The van der Waals surface area contributed by atoms with Crippen LogP contribution in [0.5, 0.6) is 0 Å². The third kappa shape index (κ3) is 5.30. The van der Waals surface area contributed by atoms with E-state index in [0.717, 1.165) is 12.8 Å². The van der Waals surface area contributed by atoms with E-state index in [4.69, 9.17) is 10.8 Å². The van der Waals surface area contributed by atoms with Crippen molar-refractivity contribution in [1.82, 2.24) is 4.90 Å². The van der Waals surface area contributed by atoms with E-state index < -0.39 is 0 Å². The number of carbonyl (C=O) groups excluding carboxylic acids is 1. The Bertz CT molecular complexity index is 393. The predicted octanol–water partition coefficient (Wildman–Crippen LogP) is 2.28. The van der Waals surface area contributed by atoms with Crippen molar-refractivity contribution in [3.8, 4) is 0 Å². The molecule has 0 aliphatic carbocycles. The summed E-state index contributed by atoms with van der Waals surface area (Å²) in [6.45, 7) is 3.21. The summed E-state index contributed by atoms with van der Waals surface area (Å²) in [6, 6.07) is 6.97. The van der Waals surface area contributed by atoms with Crippen LogP contribution in [0.15, 0.2) is 24.3 Å². The number of aliphatic hydroxyl groups is 1. The third-order valence-corrected chi connectivity index (χ3v) is 3.07. The van der Waals surface area contributed by atoms with Crippen LogP contribution in [-0.4, -0.2) is 35.6 Å². The highest BCUT2D eigenvalue weighted by atomic mass is 16.3. The van der Waals surface area contributed by atoms with Gasteiger partial charge in [0.05, 0.1) is 6.61 Å². The average molecular weight is 264 g/mol. The molecule has 106 valence electrons. The van der Waals surface area contributed by atoms with Crippen LogP contribution in [-0.2, 0) is 0 Å². The Morgan fingerprint density at radius 2 is 2.05 bits per heavy atom. The first-order valence-electron chi connectivity index (χ1n) is 6.94. The van der Waals surface area contributed by atoms with E-state index in [2.05, 4.69) is 6.92 Å². The summed E-state index contributed by atoms with van der Waals surface area (Å²) in [6.07, 6.45) is 4.44. The van der Waals surface area contributed by atoms with Crippen LogP contribution in [0.1, 0.15) is 43.0 Å². The molecular weight excluding hydrogens is 240 g/mol. The van der Waals surface area contributed by atoms with Crippen LogP contribution in [0.25, 0.3) is 0 Å². The van der Waals surface area contributed by atoms with E-state index in [1.54, 1.807) is 29.2 Å². The maximum atomic E-state index is 12.3. The highest BCUT2D eigenvalue weighted by Gasteiger charge is 2.14. The number of unbranched alkanes of at least 4 members (excludes halogenated alkanes) is 3. The molecule has 0 aromatic heterocycles. The van der Waals surface area contributed by atoms with Crippen molar-refractivity contribution in [3.63, 3.8) is 0 Å². The first-order valence-corrected chi connectivity index (χ1v) is 6.94. The van der Waals surface area contributed by atoms with Gasteiger partial charge in [0.1, 0.15) is 0 Å². The lowest BCUT2D eigenvalue weighted by molar-refractivity contribution is 0.0718. The molecule has 19 heavy (non-hydrogen) atoms. The fourth-order valence-corrected chi connectivity index (χ4v) is 2.02. The van der Waals surface area contributed by atoms with E-state index >= 15 is 0 Å². The SMILES string of the molecule is CCCCCCN(CCO)C(=O)c1cccc(N)c1. The topological polar surface area (TPSA) is 66.6 Å². The molecule has 1 aromatic carbocycles. The third-order valence-electron chi connectivity index (χ3n) is 3.07. The standard InChI is InChI=1S/C15H24N2O2/c1-2-3-4-5-9-17(10-11-18)15(19)13-7-6-8-14(16)12-13/h6-8,12,18H,2-5,9-11,16H2,1H3. The Morgan fingerprint density at radius 3 is 2.68 bits per heavy atom. The molecule has 1 aromatic rings. The summed E-state index contributed by atoms with van der Waals surface area (Å²) in [5.41, 5.74) is 6.86. The summed E-state index contributed by atoms with van der Waals surface area (Å²) >= 11 is 0. The monoisotopic (exact) mass is 264 g/mol. The van der Waals surface area contributed by atoms with Crippen LogP contribution in [0.2, 0.25) is 0 Å². The zero-order valence-electron chi connectivity index (χ0n) is 11.6. The van der Waals surface area contributed by atoms with Crippen molar-refractivity contribution in [3.05, 3.63) is 29.8 Å². The number of hydrogen-bond donors (Lipinski definition) is 2. The van der Waals surface area contributed by atoms with Gasteiger partial charge in [0.2, 0.25) is 0 Å². The van der Waals surface area contributed by atoms with Gasteiger partial charge in [0.15, 0.2) is 0 Å². The largest absolute Gasteiger partial charge is 0.399 e. The van der Waals surface area contributed by atoms with Gasteiger partial charge in [-0.2, -0.15) is 0 Å². The Hall–Kier alpha value is -1.55. The lowest BCUT2D eigenvalue weighted by atomic mass is 10.1. The molecule has 0 aliphatic heterocycles. The van der Waals surface area contributed by atoms with Crippen molar-refractivity contribution in [2.24, 2.45) is 0 Å². The van der Waals surface area contributed by atoms with E-state index in [0.29, 0.717) is 24.3 Å². The van der Waals surface area contributed by atoms with Crippen LogP contribution >= 0.6 is 0 Å². The first-order chi connectivity index (χ1) is 9.19. The molecular formula is C15H24N2O2. The van der Waals surface area contributed by atoms with Gasteiger partial charge in [-0.3, -0.25) is 4.79 Å². The number of carbonyl (C=O) groups is 1.